The number of aryl methyl sites for hydroxylation is 3. The van der Waals surface area contributed by atoms with Gasteiger partial charge in [-0.1, -0.05) is 33.6 Å². The van der Waals surface area contributed by atoms with Crippen molar-refractivity contribution in [3.05, 3.63) is 133 Å². The summed E-state index contributed by atoms with van der Waals surface area (Å²) in [6.07, 6.45) is 1.39. The van der Waals surface area contributed by atoms with E-state index in [0.29, 0.717) is 27.1 Å². The first kappa shape index (κ1) is 30.1. The summed E-state index contributed by atoms with van der Waals surface area (Å²) in [5.41, 5.74) is 7.71. The molecule has 43 heavy (non-hydrogen) atoms. The standard InChI is InChI=1S/C33H27Br2N3O5/c1-20-4-8-23(9-5-20)33(40)43-31-24(16-25(34)17-29(31)35)18-36-37-32(39)30-15-14-28(42-30)19-41-27-12-10-26(11-13-27)38-21(2)6-7-22(38)3/h4-18H,19H2,1-3H3,(H,37,39)/b36-18-. The molecule has 1 N–H and O–H groups in total. The lowest BCUT2D eigenvalue weighted by Gasteiger charge is -2.11. The first-order valence-electron chi connectivity index (χ1n) is 13.3. The Morgan fingerprint density at radius 2 is 1.60 bits per heavy atom. The summed E-state index contributed by atoms with van der Waals surface area (Å²) >= 11 is 6.87. The molecule has 2 heterocycles. The van der Waals surface area contributed by atoms with Crippen molar-refractivity contribution in [2.75, 3.05) is 0 Å². The number of hydrogen-bond acceptors (Lipinski definition) is 6. The van der Waals surface area contributed by atoms with Gasteiger partial charge >= 0.3 is 11.9 Å². The van der Waals surface area contributed by atoms with Crippen LogP contribution in [0.2, 0.25) is 0 Å². The average molecular weight is 705 g/mol. The Hall–Kier alpha value is -4.41. The van der Waals surface area contributed by atoms with E-state index in [2.05, 4.69) is 72.9 Å². The largest absolute Gasteiger partial charge is 0.486 e. The molecule has 0 aliphatic heterocycles. The molecule has 1 amide bonds. The SMILES string of the molecule is Cc1ccc(C(=O)Oc2c(Br)cc(Br)cc2/C=N\NC(=O)c2ccc(COc3ccc(-n4c(C)ccc4C)cc3)o2)cc1. The van der Waals surface area contributed by atoms with Crippen LogP contribution in [0.1, 0.15) is 49.2 Å². The third-order valence-electron chi connectivity index (χ3n) is 6.52. The van der Waals surface area contributed by atoms with Gasteiger partial charge in [-0.3, -0.25) is 4.79 Å². The highest BCUT2D eigenvalue weighted by Crippen LogP contribution is 2.33. The van der Waals surface area contributed by atoms with Crippen LogP contribution < -0.4 is 14.9 Å². The first-order valence-corrected chi connectivity index (χ1v) is 14.8. The zero-order valence-electron chi connectivity index (χ0n) is 23.6. The van der Waals surface area contributed by atoms with E-state index in [1.54, 1.807) is 36.4 Å². The van der Waals surface area contributed by atoms with Crippen LogP contribution in [-0.2, 0) is 6.61 Å². The lowest BCUT2D eigenvalue weighted by atomic mass is 10.1. The Bertz CT molecular complexity index is 1790. The van der Waals surface area contributed by atoms with Gasteiger partial charge in [-0.2, -0.15) is 5.10 Å². The fourth-order valence-corrected chi connectivity index (χ4v) is 5.68. The second kappa shape index (κ2) is 13.3. The summed E-state index contributed by atoms with van der Waals surface area (Å²) in [7, 11) is 0. The maximum Gasteiger partial charge on any atom is 0.343 e. The number of rotatable bonds is 9. The van der Waals surface area contributed by atoms with Crippen molar-refractivity contribution in [3.8, 4) is 17.2 Å². The van der Waals surface area contributed by atoms with Crippen LogP contribution in [0.15, 0.2) is 103 Å². The van der Waals surface area contributed by atoms with Crippen LogP contribution in [0.4, 0.5) is 0 Å². The number of nitrogens with zero attached hydrogens (tertiary/aromatic N) is 2. The molecule has 0 aliphatic rings. The van der Waals surface area contributed by atoms with Gasteiger partial charge in [0.1, 0.15) is 18.1 Å². The summed E-state index contributed by atoms with van der Waals surface area (Å²) in [5, 5.41) is 4.05. The molecule has 3 aromatic carbocycles. The third kappa shape index (κ3) is 7.33. The van der Waals surface area contributed by atoms with Gasteiger partial charge in [-0.05, 0) is 109 Å². The third-order valence-corrected chi connectivity index (χ3v) is 7.57. The van der Waals surface area contributed by atoms with Crippen molar-refractivity contribution in [2.45, 2.75) is 27.4 Å². The number of hydrogen-bond donors (Lipinski definition) is 1. The molecule has 0 saturated carbocycles. The molecule has 0 fully saturated rings. The number of furan rings is 1. The van der Waals surface area contributed by atoms with E-state index in [4.69, 9.17) is 13.9 Å². The fourth-order valence-electron chi connectivity index (χ4n) is 4.34. The number of aromatic nitrogens is 1. The predicted octanol–water partition coefficient (Wildman–Crippen LogP) is 8.08. The smallest absolute Gasteiger partial charge is 0.343 e. The van der Waals surface area contributed by atoms with Gasteiger partial charge in [-0.25, -0.2) is 10.2 Å². The number of hydrazone groups is 1. The molecular weight excluding hydrogens is 678 g/mol. The van der Waals surface area contributed by atoms with Crippen LogP contribution in [0, 0.1) is 20.8 Å². The van der Waals surface area contributed by atoms with Crippen LogP contribution in [0.3, 0.4) is 0 Å². The lowest BCUT2D eigenvalue weighted by molar-refractivity contribution is 0.0732. The first-order chi connectivity index (χ1) is 20.7. The van der Waals surface area contributed by atoms with E-state index in [9.17, 15) is 9.59 Å². The molecule has 5 rings (SSSR count). The van der Waals surface area contributed by atoms with Crippen LogP contribution in [0.25, 0.3) is 5.69 Å². The Labute approximate surface area is 265 Å². The van der Waals surface area contributed by atoms with E-state index in [0.717, 1.165) is 27.1 Å². The van der Waals surface area contributed by atoms with Gasteiger partial charge in [0, 0.05) is 27.1 Å². The average Bonchev–Trinajstić information content (AvgIpc) is 3.60. The number of carbonyl (C=O) groups excluding carboxylic acids is 2. The summed E-state index contributed by atoms with van der Waals surface area (Å²) in [6, 6.07) is 25.7. The molecule has 0 aliphatic carbocycles. The summed E-state index contributed by atoms with van der Waals surface area (Å²) in [5.74, 6) is 0.432. The molecule has 10 heteroatoms. The van der Waals surface area contributed by atoms with Crippen molar-refractivity contribution in [2.24, 2.45) is 5.10 Å². The normalized spacial score (nSPS) is 11.1. The van der Waals surface area contributed by atoms with Crippen LogP contribution >= 0.6 is 31.9 Å². The fraction of sp³-hybridized carbons (Fsp3) is 0.121. The number of halogens is 2. The highest BCUT2D eigenvalue weighted by atomic mass is 79.9. The molecule has 0 spiro atoms. The minimum absolute atomic E-state index is 0.0751. The molecule has 0 bridgehead atoms. The monoisotopic (exact) mass is 703 g/mol. The van der Waals surface area contributed by atoms with E-state index in [1.165, 1.54) is 6.21 Å². The van der Waals surface area contributed by atoms with E-state index in [-0.39, 0.29) is 18.1 Å². The van der Waals surface area contributed by atoms with E-state index in [1.807, 2.05) is 43.3 Å². The summed E-state index contributed by atoms with van der Waals surface area (Å²) in [4.78, 5) is 25.4. The minimum atomic E-state index is -0.545. The maximum absolute atomic E-state index is 12.7. The summed E-state index contributed by atoms with van der Waals surface area (Å²) < 4.78 is 20.6. The highest BCUT2D eigenvalue weighted by Gasteiger charge is 2.16. The second-order valence-electron chi connectivity index (χ2n) is 9.76. The molecule has 0 radical (unpaired) electrons. The number of ether oxygens (including phenoxy) is 2. The molecular formula is C33H27Br2N3O5. The van der Waals surface area contributed by atoms with Gasteiger partial charge in [0.05, 0.1) is 16.3 Å². The van der Waals surface area contributed by atoms with Crippen molar-refractivity contribution >= 4 is 50.0 Å². The van der Waals surface area contributed by atoms with E-state index >= 15 is 0 Å². The Morgan fingerprint density at radius 1 is 0.907 bits per heavy atom. The molecule has 2 aromatic heterocycles. The molecule has 0 atom stereocenters. The van der Waals surface area contributed by atoms with Crippen molar-refractivity contribution in [1.29, 1.82) is 0 Å². The predicted molar refractivity (Wildman–Crippen MR) is 171 cm³/mol. The van der Waals surface area contributed by atoms with Gasteiger partial charge < -0.3 is 18.5 Å². The second-order valence-corrected chi connectivity index (χ2v) is 11.5. The molecule has 218 valence electrons. The summed E-state index contributed by atoms with van der Waals surface area (Å²) in [6.45, 7) is 6.22. The van der Waals surface area contributed by atoms with Gasteiger partial charge in [0.25, 0.3) is 0 Å². The number of esters is 1. The van der Waals surface area contributed by atoms with Gasteiger partial charge in [0.2, 0.25) is 0 Å². The van der Waals surface area contributed by atoms with Crippen LogP contribution in [-0.4, -0.2) is 22.7 Å². The Morgan fingerprint density at radius 3 is 2.30 bits per heavy atom. The maximum atomic E-state index is 12.7. The van der Waals surface area contributed by atoms with Crippen molar-refractivity contribution in [3.63, 3.8) is 0 Å². The lowest BCUT2D eigenvalue weighted by Crippen LogP contribution is -2.17. The number of amides is 1. The van der Waals surface area contributed by atoms with Crippen molar-refractivity contribution < 1.29 is 23.5 Å². The minimum Gasteiger partial charge on any atom is -0.486 e. The zero-order valence-corrected chi connectivity index (χ0v) is 26.7. The Balaban J connectivity index is 1.19. The van der Waals surface area contributed by atoms with Gasteiger partial charge in [0.15, 0.2) is 11.5 Å². The topological polar surface area (TPSA) is 95.1 Å². The molecule has 0 unspecified atom stereocenters. The number of carbonyl (C=O) groups is 2. The molecule has 0 saturated heterocycles. The van der Waals surface area contributed by atoms with E-state index < -0.39 is 11.9 Å². The van der Waals surface area contributed by atoms with Gasteiger partial charge in [-0.15, -0.1) is 0 Å². The van der Waals surface area contributed by atoms with Crippen LogP contribution in [0.5, 0.6) is 11.5 Å². The quantitative estimate of drug-likeness (QED) is 0.0725. The zero-order chi connectivity index (χ0) is 30.5. The number of benzene rings is 3. The highest BCUT2D eigenvalue weighted by molar-refractivity contribution is 9.11. The van der Waals surface area contributed by atoms with Crippen molar-refractivity contribution in [1.82, 2.24) is 9.99 Å². The number of nitrogens with one attached hydrogen (secondary N) is 1. The molecule has 8 nitrogen and oxygen atoms in total. The molecule has 5 aromatic rings. The Kier molecular flexibility index (Phi) is 9.27.